The second kappa shape index (κ2) is 7.23. The first kappa shape index (κ1) is 22.6. The van der Waals surface area contributed by atoms with Crippen molar-refractivity contribution < 1.29 is 9.59 Å². The Balaban J connectivity index is 2.26. The zero-order chi connectivity index (χ0) is 23.2. The van der Waals surface area contributed by atoms with Crippen molar-refractivity contribution in [3.05, 3.63) is 34.9 Å². The maximum Gasteiger partial charge on any atom is 0.196 e. The van der Waals surface area contributed by atoms with E-state index in [4.69, 9.17) is 0 Å². The van der Waals surface area contributed by atoms with Gasteiger partial charge in [-0.2, -0.15) is 10.5 Å². The number of Topliss-reactive ketones (excluding diaryl/α,β-unsaturated/α-hetero) is 1. The third-order valence-corrected chi connectivity index (χ3v) is 7.59. The van der Waals surface area contributed by atoms with Crippen LogP contribution in [0.4, 0.5) is 0 Å². The van der Waals surface area contributed by atoms with Gasteiger partial charge >= 0.3 is 0 Å². The topological polar surface area (TPSA) is 81.7 Å². The Kier molecular flexibility index (Phi) is 5.26. The van der Waals surface area contributed by atoms with Gasteiger partial charge in [0.05, 0.1) is 16.6 Å². The largest absolute Gasteiger partial charge is 0.293 e. The lowest BCUT2D eigenvalue weighted by Crippen LogP contribution is -2.53. The summed E-state index contributed by atoms with van der Waals surface area (Å²) in [6.07, 6.45) is 6.19. The Labute approximate surface area is 185 Å². The molecule has 0 spiro atoms. The van der Waals surface area contributed by atoms with E-state index in [1.807, 2.05) is 26.8 Å². The molecule has 0 aliphatic heterocycles. The molecule has 0 aromatic carbocycles. The van der Waals surface area contributed by atoms with Crippen molar-refractivity contribution in [1.29, 1.82) is 10.5 Å². The van der Waals surface area contributed by atoms with E-state index in [-0.39, 0.29) is 28.6 Å². The van der Waals surface area contributed by atoms with Crippen molar-refractivity contribution in [3.63, 3.8) is 0 Å². The zero-order valence-corrected chi connectivity index (χ0v) is 19.9. The minimum absolute atomic E-state index is 0.0777. The van der Waals surface area contributed by atoms with Gasteiger partial charge in [-0.1, -0.05) is 52.4 Å². The van der Waals surface area contributed by atoms with Crippen LogP contribution in [0.3, 0.4) is 0 Å². The quantitative estimate of drug-likeness (QED) is 0.427. The van der Waals surface area contributed by atoms with Crippen LogP contribution < -0.4 is 0 Å². The van der Waals surface area contributed by atoms with Crippen LogP contribution in [-0.4, -0.2) is 19.6 Å². The van der Waals surface area contributed by atoms with Crippen LogP contribution in [0.5, 0.6) is 0 Å². The molecular weight excluding hydrogens is 400 g/mol. The monoisotopic (exact) mass is 426 g/mol. The van der Waals surface area contributed by atoms with Crippen LogP contribution in [0.2, 0.25) is 19.6 Å². The van der Waals surface area contributed by atoms with Crippen molar-refractivity contribution in [2.75, 3.05) is 0 Å². The van der Waals surface area contributed by atoms with Gasteiger partial charge in [0.1, 0.15) is 20.2 Å². The van der Waals surface area contributed by atoms with Crippen LogP contribution >= 0.6 is 0 Å². The van der Waals surface area contributed by atoms with E-state index < -0.39 is 24.3 Å². The van der Waals surface area contributed by atoms with Crippen molar-refractivity contribution in [2.45, 2.75) is 53.3 Å². The minimum Gasteiger partial charge on any atom is -0.293 e. The van der Waals surface area contributed by atoms with Gasteiger partial charge in [-0.25, -0.2) is 0 Å². The molecule has 31 heavy (non-hydrogen) atoms. The Morgan fingerprint density at radius 3 is 2.23 bits per heavy atom. The lowest BCUT2D eigenvalue weighted by atomic mass is 9.45. The minimum atomic E-state index is -1.59. The molecule has 1 fully saturated rings. The van der Waals surface area contributed by atoms with Crippen molar-refractivity contribution in [1.82, 2.24) is 0 Å². The number of fused-ring (bicyclic) bond motifs is 3. The summed E-state index contributed by atoms with van der Waals surface area (Å²) < 4.78 is 0. The van der Waals surface area contributed by atoms with E-state index in [0.29, 0.717) is 12.8 Å². The summed E-state index contributed by atoms with van der Waals surface area (Å²) in [4.78, 5) is 25.6. The van der Waals surface area contributed by atoms with Crippen LogP contribution in [0.1, 0.15) is 33.6 Å². The number of carbonyl (C=O) groups excluding carboxylic acids is 2. The van der Waals surface area contributed by atoms with Crippen LogP contribution in [0, 0.1) is 68.1 Å². The average Bonchev–Trinajstić information content (AvgIpc) is 2.68. The van der Waals surface area contributed by atoms with Gasteiger partial charge in [0.25, 0.3) is 0 Å². The Morgan fingerprint density at radius 2 is 1.65 bits per heavy atom. The van der Waals surface area contributed by atoms with Gasteiger partial charge in [-0.3, -0.25) is 9.59 Å². The molecule has 3 atom stereocenters. The number of hydrogen-bond donors (Lipinski definition) is 0. The molecular formula is C26H26N2O2Si. The molecule has 0 aromatic rings. The molecule has 3 unspecified atom stereocenters. The standard InChI is InChI=1S/C26H26N2O2Si/c1-24(2)21-9-11-26(10-7-8-12-31(4,5)6)15-18(16-27)20(29)13-22(26)25(21,3)14-19(17-28)23(24)30/h13-15,21H,9,11H2,1-6H3. The smallest absolute Gasteiger partial charge is 0.196 e. The Hall–Kier alpha value is -3.12. The molecule has 3 aliphatic carbocycles. The number of allylic oxidation sites excluding steroid dienone is 6. The number of carbonyl (C=O) groups is 2. The first-order valence-corrected chi connectivity index (χ1v) is 13.9. The highest BCUT2D eigenvalue weighted by Crippen LogP contribution is 2.63. The molecule has 0 saturated heterocycles. The Morgan fingerprint density at radius 1 is 1.00 bits per heavy atom. The van der Waals surface area contributed by atoms with Crippen molar-refractivity contribution in [3.8, 4) is 35.4 Å². The second-order valence-corrected chi connectivity index (χ2v) is 15.2. The number of rotatable bonds is 0. The highest BCUT2D eigenvalue weighted by Gasteiger charge is 2.59. The maximum absolute atomic E-state index is 12.9. The molecule has 0 aromatic heterocycles. The predicted molar refractivity (Wildman–Crippen MR) is 121 cm³/mol. The van der Waals surface area contributed by atoms with Crippen LogP contribution in [0.25, 0.3) is 0 Å². The Bertz CT molecular complexity index is 1190. The third-order valence-electron chi connectivity index (χ3n) is 6.72. The summed E-state index contributed by atoms with van der Waals surface area (Å²) >= 11 is 0. The predicted octanol–water partition coefficient (Wildman–Crippen LogP) is 4.29. The molecule has 156 valence electrons. The van der Waals surface area contributed by atoms with E-state index in [2.05, 4.69) is 49.0 Å². The lowest BCUT2D eigenvalue weighted by molar-refractivity contribution is -0.130. The van der Waals surface area contributed by atoms with Gasteiger partial charge in [-0.15, -0.1) is 5.54 Å². The van der Waals surface area contributed by atoms with E-state index in [1.54, 1.807) is 12.2 Å². The van der Waals surface area contributed by atoms with E-state index in [9.17, 15) is 20.1 Å². The van der Waals surface area contributed by atoms with E-state index >= 15 is 0 Å². The van der Waals surface area contributed by atoms with Crippen LogP contribution in [0.15, 0.2) is 34.9 Å². The highest BCUT2D eigenvalue weighted by molar-refractivity contribution is 6.83. The summed E-state index contributed by atoms with van der Waals surface area (Å²) in [6.45, 7) is 12.2. The molecule has 0 amide bonds. The summed E-state index contributed by atoms with van der Waals surface area (Å²) in [5, 5.41) is 19.1. The van der Waals surface area contributed by atoms with Crippen molar-refractivity contribution >= 4 is 19.6 Å². The van der Waals surface area contributed by atoms with Gasteiger partial charge in [0.2, 0.25) is 0 Å². The number of nitriles is 2. The fourth-order valence-electron chi connectivity index (χ4n) is 5.29. The van der Waals surface area contributed by atoms with Crippen LogP contribution in [-0.2, 0) is 9.59 Å². The van der Waals surface area contributed by atoms with Crippen molar-refractivity contribution in [2.24, 2.45) is 22.2 Å². The second-order valence-electron chi connectivity index (χ2n) is 10.4. The number of ketones is 2. The zero-order valence-electron chi connectivity index (χ0n) is 18.9. The number of nitrogens with zero attached hydrogens (tertiary/aromatic N) is 2. The molecule has 3 aliphatic rings. The first-order valence-electron chi connectivity index (χ1n) is 10.4. The molecule has 0 N–H and O–H groups in total. The molecule has 4 nitrogen and oxygen atoms in total. The normalized spacial score (nSPS) is 31.0. The summed E-state index contributed by atoms with van der Waals surface area (Å²) in [7, 11) is -1.59. The first-order chi connectivity index (χ1) is 14.3. The molecule has 1 saturated carbocycles. The SMILES string of the molecule is CC1(C)C(=O)C(C#N)=CC2(C)C3=CC(=O)C(C#N)=CC3(C#CC#C[Si](C)(C)C)CCC12. The van der Waals surface area contributed by atoms with E-state index in [1.165, 1.54) is 6.08 Å². The maximum atomic E-state index is 12.9. The molecule has 5 heteroatoms. The third kappa shape index (κ3) is 3.61. The highest BCUT2D eigenvalue weighted by atomic mass is 28.3. The fourth-order valence-corrected chi connectivity index (χ4v) is 5.73. The molecule has 0 radical (unpaired) electrons. The average molecular weight is 427 g/mol. The number of hydrogen-bond acceptors (Lipinski definition) is 4. The van der Waals surface area contributed by atoms with E-state index in [0.717, 1.165) is 5.57 Å². The molecule has 0 bridgehead atoms. The lowest BCUT2D eigenvalue weighted by Gasteiger charge is -2.56. The summed E-state index contributed by atoms with van der Waals surface area (Å²) in [6, 6.07) is 4.06. The fraction of sp³-hybridized carbons (Fsp3) is 0.462. The summed E-state index contributed by atoms with van der Waals surface area (Å²) in [5.41, 5.74) is 1.94. The van der Waals surface area contributed by atoms with Gasteiger partial charge < -0.3 is 0 Å². The summed E-state index contributed by atoms with van der Waals surface area (Å²) in [5.74, 6) is 8.65. The van der Waals surface area contributed by atoms with Gasteiger partial charge in [0.15, 0.2) is 11.6 Å². The van der Waals surface area contributed by atoms with Gasteiger partial charge in [0, 0.05) is 10.8 Å². The van der Waals surface area contributed by atoms with Gasteiger partial charge in [-0.05, 0) is 48.3 Å². The molecule has 3 rings (SSSR count). The molecule has 0 heterocycles.